The molecule has 6 heteroatoms. The van der Waals surface area contributed by atoms with E-state index in [2.05, 4.69) is 179 Å². The third-order valence-electron chi connectivity index (χ3n) is 11.5. The Morgan fingerprint density at radius 1 is 0.288 bits per heavy atom. The highest BCUT2D eigenvalue weighted by Crippen LogP contribution is 2.12. The molecular formula is C67H104O6. The van der Waals surface area contributed by atoms with Gasteiger partial charge in [-0.15, -0.1) is 0 Å². The van der Waals surface area contributed by atoms with Crippen molar-refractivity contribution in [1.82, 2.24) is 0 Å². The molecule has 0 aromatic carbocycles. The molecule has 0 radical (unpaired) electrons. The van der Waals surface area contributed by atoms with E-state index in [-0.39, 0.29) is 37.5 Å². The number of rotatable bonds is 50. The summed E-state index contributed by atoms with van der Waals surface area (Å²) in [6.07, 6.45) is 86.9. The Bertz CT molecular complexity index is 1670. The van der Waals surface area contributed by atoms with Gasteiger partial charge in [0.25, 0.3) is 0 Å². The number of unbranched alkanes of at least 4 members (excludes halogenated alkanes) is 13. The van der Waals surface area contributed by atoms with Crippen molar-refractivity contribution in [3.63, 3.8) is 0 Å². The molecule has 0 amide bonds. The van der Waals surface area contributed by atoms with Crippen molar-refractivity contribution >= 4 is 17.9 Å². The van der Waals surface area contributed by atoms with Gasteiger partial charge in [0.1, 0.15) is 13.2 Å². The van der Waals surface area contributed by atoms with Crippen LogP contribution in [0.5, 0.6) is 0 Å². The summed E-state index contributed by atoms with van der Waals surface area (Å²) in [7, 11) is 0. The molecule has 0 rings (SSSR count). The molecule has 408 valence electrons. The minimum atomic E-state index is -0.811. The molecule has 1 atom stereocenters. The van der Waals surface area contributed by atoms with E-state index in [1.165, 1.54) is 25.7 Å². The number of ether oxygens (including phenoxy) is 3. The minimum absolute atomic E-state index is 0.106. The van der Waals surface area contributed by atoms with Crippen LogP contribution in [-0.2, 0) is 28.6 Å². The lowest BCUT2D eigenvalue weighted by Crippen LogP contribution is -2.30. The maximum Gasteiger partial charge on any atom is 0.306 e. The number of carbonyl (C=O) groups excluding carboxylic acids is 3. The van der Waals surface area contributed by atoms with Crippen molar-refractivity contribution in [2.24, 2.45) is 0 Å². The van der Waals surface area contributed by atoms with Crippen molar-refractivity contribution in [3.8, 4) is 0 Å². The summed E-state index contributed by atoms with van der Waals surface area (Å²) in [4.78, 5) is 37.9. The summed E-state index contributed by atoms with van der Waals surface area (Å²) in [6, 6.07) is 0. The lowest BCUT2D eigenvalue weighted by molar-refractivity contribution is -0.167. The van der Waals surface area contributed by atoms with E-state index in [0.717, 1.165) is 154 Å². The van der Waals surface area contributed by atoms with Crippen LogP contribution in [0.3, 0.4) is 0 Å². The Balaban J connectivity index is 4.25. The Hall–Kier alpha value is -4.97. The molecule has 73 heavy (non-hydrogen) atoms. The molecule has 0 spiro atoms. The molecule has 0 aromatic rings. The smallest absolute Gasteiger partial charge is 0.306 e. The van der Waals surface area contributed by atoms with E-state index in [1.54, 1.807) is 0 Å². The molecule has 0 aliphatic carbocycles. The zero-order valence-corrected chi connectivity index (χ0v) is 46.6. The van der Waals surface area contributed by atoms with Gasteiger partial charge in [0.15, 0.2) is 6.10 Å². The summed E-state index contributed by atoms with van der Waals surface area (Å²) in [6.45, 7) is 6.29. The van der Waals surface area contributed by atoms with Crippen molar-refractivity contribution in [2.75, 3.05) is 13.2 Å². The maximum absolute atomic E-state index is 12.8. The van der Waals surface area contributed by atoms with Gasteiger partial charge in [-0.1, -0.05) is 237 Å². The van der Waals surface area contributed by atoms with Gasteiger partial charge in [-0.2, -0.15) is 0 Å². The Kier molecular flexibility index (Phi) is 55.5. The van der Waals surface area contributed by atoms with Crippen LogP contribution in [0.25, 0.3) is 0 Å². The fourth-order valence-corrected chi connectivity index (χ4v) is 7.25. The maximum atomic E-state index is 12.8. The molecule has 0 fully saturated rings. The highest BCUT2D eigenvalue weighted by molar-refractivity contribution is 5.71. The lowest BCUT2D eigenvalue weighted by atomic mass is 10.1. The average molecular weight is 1010 g/mol. The summed E-state index contributed by atoms with van der Waals surface area (Å²) < 4.78 is 16.7. The van der Waals surface area contributed by atoms with Crippen molar-refractivity contribution in [3.05, 3.63) is 158 Å². The first-order valence-electron chi connectivity index (χ1n) is 29.0. The van der Waals surface area contributed by atoms with Crippen molar-refractivity contribution in [1.29, 1.82) is 0 Å². The number of hydrogen-bond donors (Lipinski definition) is 0. The zero-order chi connectivity index (χ0) is 52.9. The molecule has 0 N–H and O–H groups in total. The van der Waals surface area contributed by atoms with Gasteiger partial charge in [0.2, 0.25) is 0 Å². The van der Waals surface area contributed by atoms with Crippen LogP contribution in [0, 0.1) is 0 Å². The molecule has 0 aliphatic rings. The topological polar surface area (TPSA) is 78.9 Å². The van der Waals surface area contributed by atoms with Crippen LogP contribution in [0.4, 0.5) is 0 Å². The van der Waals surface area contributed by atoms with Crippen LogP contribution in [0.1, 0.15) is 226 Å². The number of hydrogen-bond acceptors (Lipinski definition) is 6. The second kappa shape index (κ2) is 59.6. The van der Waals surface area contributed by atoms with Crippen LogP contribution in [0.15, 0.2) is 158 Å². The molecule has 0 saturated heterocycles. The van der Waals surface area contributed by atoms with Gasteiger partial charge in [-0.05, 0) is 128 Å². The number of allylic oxidation sites excluding steroid dienone is 26. The molecule has 0 bridgehead atoms. The van der Waals surface area contributed by atoms with Crippen molar-refractivity contribution in [2.45, 2.75) is 232 Å². The van der Waals surface area contributed by atoms with Gasteiger partial charge < -0.3 is 14.2 Å². The monoisotopic (exact) mass is 1000 g/mol. The second-order valence-corrected chi connectivity index (χ2v) is 18.4. The number of carbonyl (C=O) groups is 3. The average Bonchev–Trinajstić information content (AvgIpc) is 3.39. The first-order valence-corrected chi connectivity index (χ1v) is 29.0. The van der Waals surface area contributed by atoms with Crippen LogP contribution in [-0.4, -0.2) is 37.2 Å². The summed E-state index contributed by atoms with van der Waals surface area (Å²) in [5.74, 6) is -0.986. The van der Waals surface area contributed by atoms with E-state index in [0.29, 0.717) is 19.3 Å². The Morgan fingerprint density at radius 3 is 0.863 bits per heavy atom. The largest absolute Gasteiger partial charge is 0.462 e. The molecule has 0 aromatic heterocycles. The Morgan fingerprint density at radius 2 is 0.534 bits per heavy atom. The fourth-order valence-electron chi connectivity index (χ4n) is 7.25. The second-order valence-electron chi connectivity index (χ2n) is 18.4. The molecular weight excluding hydrogens is 901 g/mol. The predicted molar refractivity (Wildman–Crippen MR) is 315 cm³/mol. The summed E-state index contributed by atoms with van der Waals surface area (Å²) in [5.41, 5.74) is 0. The van der Waals surface area contributed by atoms with Crippen LogP contribution in [0.2, 0.25) is 0 Å². The first kappa shape index (κ1) is 68.0. The van der Waals surface area contributed by atoms with E-state index < -0.39 is 6.10 Å². The van der Waals surface area contributed by atoms with E-state index in [9.17, 15) is 14.4 Å². The normalized spacial score (nSPS) is 13.3. The van der Waals surface area contributed by atoms with Gasteiger partial charge in [-0.25, -0.2) is 0 Å². The molecule has 6 nitrogen and oxygen atoms in total. The van der Waals surface area contributed by atoms with Crippen molar-refractivity contribution < 1.29 is 28.6 Å². The van der Waals surface area contributed by atoms with Crippen LogP contribution < -0.4 is 0 Å². The first-order chi connectivity index (χ1) is 36.0. The van der Waals surface area contributed by atoms with E-state index >= 15 is 0 Å². The summed E-state index contributed by atoms with van der Waals surface area (Å²) in [5, 5.41) is 0. The zero-order valence-electron chi connectivity index (χ0n) is 46.6. The summed E-state index contributed by atoms with van der Waals surface area (Å²) >= 11 is 0. The lowest BCUT2D eigenvalue weighted by Gasteiger charge is -2.18. The third kappa shape index (κ3) is 57.8. The quantitative estimate of drug-likeness (QED) is 0.0261. The molecule has 0 saturated carbocycles. The van der Waals surface area contributed by atoms with E-state index in [4.69, 9.17) is 14.2 Å². The standard InChI is InChI=1S/C67H104O6/c1-4-7-10-13-16-18-20-22-24-25-26-27-28-29-30-31-32-33-34-35-36-37-38-39-40-41-43-44-46-48-51-54-57-60-66(69)72-63-64(62-71-65(68)59-56-53-50-15-12-9-6-3)73-67(70)61-58-55-52-49-47-45-42-23-21-19-17-14-11-8-5-2/h7-8,10-11,16-19,22-24,26-27,29-30,32-33,35-36,38-39,41-43,47,49,64H,4-6,9,12-15,20-21,25,28,31,34,37,40,44-46,48,50-63H2,1-3H3/b10-7-,11-8-,18-16-,19-17-,24-22-,27-26-,30-29-,33-32-,36-35-,39-38-,42-23-,43-41-,49-47-. The van der Waals surface area contributed by atoms with Crippen LogP contribution >= 0.6 is 0 Å². The highest BCUT2D eigenvalue weighted by Gasteiger charge is 2.19. The minimum Gasteiger partial charge on any atom is -0.462 e. The van der Waals surface area contributed by atoms with Gasteiger partial charge in [0, 0.05) is 19.3 Å². The van der Waals surface area contributed by atoms with Gasteiger partial charge >= 0.3 is 17.9 Å². The molecule has 1 unspecified atom stereocenters. The SMILES string of the molecule is CC/C=C\C/C=C\C/C=C\C/C=C\C/C=C\C/C=C\C/C=C\C/C=C\C/C=C\CCCCCCCC(=O)OCC(COC(=O)CCCCCCCCC)OC(=O)CCCC/C=C\C/C=C\C/C=C\C/C=C\CC. The Labute approximate surface area is 448 Å². The third-order valence-corrected chi connectivity index (χ3v) is 11.5. The molecule has 0 aliphatic heterocycles. The predicted octanol–water partition coefficient (Wildman–Crippen LogP) is 19.8. The van der Waals surface area contributed by atoms with E-state index in [1.807, 2.05) is 0 Å². The van der Waals surface area contributed by atoms with Gasteiger partial charge in [0.05, 0.1) is 0 Å². The number of esters is 3. The van der Waals surface area contributed by atoms with Gasteiger partial charge in [-0.3, -0.25) is 14.4 Å². The highest BCUT2D eigenvalue weighted by atomic mass is 16.6. The fraction of sp³-hybridized carbons (Fsp3) is 0.567. The molecule has 0 heterocycles.